The Balaban J connectivity index is 1.59. The number of hydrogen-bond acceptors (Lipinski definition) is 5. The molecule has 0 saturated carbocycles. The summed E-state index contributed by atoms with van der Waals surface area (Å²) in [6.45, 7) is 8.42. The molecular weight excluding hydrogens is 374 g/mol. The van der Waals surface area contributed by atoms with Crippen LogP contribution in [0.3, 0.4) is 0 Å². The second-order valence-corrected chi connectivity index (χ2v) is 7.34. The lowest BCUT2D eigenvalue weighted by molar-refractivity contribution is 0.365. The molecule has 1 atom stereocenters. The Kier molecular flexibility index (Phi) is 4.78. The molecule has 4 bridgehead atoms. The highest BCUT2D eigenvalue weighted by Gasteiger charge is 2.29. The fourth-order valence-corrected chi connectivity index (χ4v) is 4.05. The molecule has 3 aromatic rings. The average molecular weight is 395 g/mol. The van der Waals surface area contributed by atoms with Gasteiger partial charge in [-0.15, -0.1) is 0 Å². The smallest absolute Gasteiger partial charge is 0.229 e. The second kappa shape index (κ2) is 7.88. The molecule has 6 nitrogen and oxygen atoms in total. The zero-order chi connectivity index (χ0) is 20.3. The fourth-order valence-electron chi connectivity index (χ4n) is 4.05. The Bertz CT molecular complexity index is 1150. The van der Waals surface area contributed by atoms with Crippen molar-refractivity contribution >= 4 is 23.1 Å². The largest absolute Gasteiger partial charge is 0.500 e. The van der Waals surface area contributed by atoms with Crippen LogP contribution in [0.1, 0.15) is 29.2 Å². The number of ether oxygens (including phenoxy) is 1. The molecule has 0 amide bonds. The molecule has 0 saturated heterocycles. The van der Waals surface area contributed by atoms with Crippen LogP contribution in [0.25, 0.3) is 4.85 Å². The van der Waals surface area contributed by atoms with Crippen LogP contribution in [-0.2, 0) is 6.42 Å². The van der Waals surface area contributed by atoms with Crippen molar-refractivity contribution in [2.24, 2.45) is 0 Å². The maximum Gasteiger partial charge on any atom is 0.229 e. The molecule has 0 spiro atoms. The number of anilines is 3. The minimum atomic E-state index is 0.264. The van der Waals surface area contributed by atoms with Gasteiger partial charge in [0.25, 0.3) is 0 Å². The van der Waals surface area contributed by atoms with Gasteiger partial charge < -0.3 is 15.4 Å². The standard InChI is InChI=1S/C24H21N5O/c1-25-20-12-9-17-15-21(20)30-14-6-5-13-26-23-19-11-10-18(16-7-3-2-4-8-16)22(19)28-24(27-17)29-23/h2-9,12,15,18H,10-11,13-14H2,(H2,26,27,28,29)/b6-5-. The van der Waals surface area contributed by atoms with Gasteiger partial charge in [0.1, 0.15) is 18.2 Å². The lowest BCUT2D eigenvalue weighted by atomic mass is 9.97. The van der Waals surface area contributed by atoms with E-state index in [-0.39, 0.29) is 5.92 Å². The van der Waals surface area contributed by atoms with Gasteiger partial charge >= 0.3 is 0 Å². The summed E-state index contributed by atoms with van der Waals surface area (Å²) < 4.78 is 5.79. The highest BCUT2D eigenvalue weighted by Crippen LogP contribution is 2.40. The third kappa shape index (κ3) is 3.46. The van der Waals surface area contributed by atoms with Gasteiger partial charge in [-0.2, -0.15) is 4.98 Å². The number of aromatic nitrogens is 2. The van der Waals surface area contributed by atoms with E-state index in [0.29, 0.717) is 30.5 Å². The predicted molar refractivity (Wildman–Crippen MR) is 118 cm³/mol. The number of fused-ring (bicyclic) bond motifs is 6. The Labute approximate surface area is 175 Å². The van der Waals surface area contributed by atoms with E-state index in [1.165, 1.54) is 11.1 Å². The van der Waals surface area contributed by atoms with Crippen molar-refractivity contribution in [2.45, 2.75) is 18.8 Å². The lowest BCUT2D eigenvalue weighted by Gasteiger charge is -2.15. The Morgan fingerprint density at radius 1 is 1.07 bits per heavy atom. The van der Waals surface area contributed by atoms with Gasteiger partial charge in [-0.25, -0.2) is 9.83 Å². The summed E-state index contributed by atoms with van der Waals surface area (Å²) in [6, 6.07) is 16.0. The normalized spacial score (nSPS) is 18.2. The van der Waals surface area contributed by atoms with Gasteiger partial charge in [0.15, 0.2) is 0 Å². The SMILES string of the molecule is [C-]#[N+]c1ccc2cc1OC/C=C\CNc1nc(nc3c1CCC3c1ccccc1)N2. The van der Waals surface area contributed by atoms with Gasteiger partial charge in [0.2, 0.25) is 11.6 Å². The minimum Gasteiger partial charge on any atom is -0.500 e. The molecule has 1 aliphatic carbocycles. The molecule has 2 N–H and O–H groups in total. The van der Waals surface area contributed by atoms with Crippen molar-refractivity contribution in [2.75, 3.05) is 23.8 Å². The predicted octanol–water partition coefficient (Wildman–Crippen LogP) is 5.21. The van der Waals surface area contributed by atoms with Crippen molar-refractivity contribution in [3.63, 3.8) is 0 Å². The summed E-state index contributed by atoms with van der Waals surface area (Å²) in [7, 11) is 0. The fraction of sp³-hybridized carbons (Fsp3) is 0.208. The Morgan fingerprint density at radius 3 is 2.83 bits per heavy atom. The van der Waals surface area contributed by atoms with E-state index in [4.69, 9.17) is 21.3 Å². The summed E-state index contributed by atoms with van der Waals surface area (Å²) in [5.41, 5.74) is 4.83. The molecule has 148 valence electrons. The van der Waals surface area contributed by atoms with E-state index >= 15 is 0 Å². The zero-order valence-corrected chi connectivity index (χ0v) is 16.4. The number of benzene rings is 2. The van der Waals surface area contributed by atoms with E-state index in [9.17, 15) is 0 Å². The molecule has 5 rings (SSSR count). The van der Waals surface area contributed by atoms with Crippen molar-refractivity contribution in [3.8, 4) is 5.75 Å². The first kappa shape index (κ1) is 18.2. The quantitative estimate of drug-likeness (QED) is 0.437. The zero-order valence-electron chi connectivity index (χ0n) is 16.4. The molecule has 2 aliphatic rings. The summed E-state index contributed by atoms with van der Waals surface area (Å²) in [5.74, 6) is 2.24. The molecule has 6 heteroatoms. The van der Waals surface area contributed by atoms with Crippen LogP contribution in [-0.4, -0.2) is 23.1 Å². The lowest BCUT2D eigenvalue weighted by Crippen LogP contribution is -2.10. The van der Waals surface area contributed by atoms with Crippen LogP contribution in [0.4, 0.5) is 23.1 Å². The van der Waals surface area contributed by atoms with Crippen LogP contribution in [0.15, 0.2) is 60.7 Å². The molecule has 2 aromatic carbocycles. The van der Waals surface area contributed by atoms with E-state index in [1.54, 1.807) is 6.07 Å². The summed E-state index contributed by atoms with van der Waals surface area (Å²) in [6.07, 6.45) is 5.95. The van der Waals surface area contributed by atoms with Gasteiger partial charge in [-0.1, -0.05) is 42.5 Å². The maximum atomic E-state index is 7.36. The van der Waals surface area contributed by atoms with Crippen LogP contribution in [0.5, 0.6) is 5.75 Å². The van der Waals surface area contributed by atoms with Crippen molar-refractivity contribution in [1.29, 1.82) is 0 Å². The minimum absolute atomic E-state index is 0.264. The summed E-state index contributed by atoms with van der Waals surface area (Å²) in [4.78, 5) is 13.2. The molecule has 1 unspecified atom stereocenters. The summed E-state index contributed by atoms with van der Waals surface area (Å²) >= 11 is 0. The van der Waals surface area contributed by atoms with Crippen molar-refractivity contribution in [1.82, 2.24) is 9.97 Å². The number of rotatable bonds is 1. The van der Waals surface area contributed by atoms with Crippen LogP contribution < -0.4 is 15.4 Å². The number of nitrogens with one attached hydrogen (secondary N) is 2. The van der Waals surface area contributed by atoms with E-state index in [1.807, 2.05) is 30.4 Å². The highest BCUT2D eigenvalue weighted by molar-refractivity contribution is 5.68. The molecule has 30 heavy (non-hydrogen) atoms. The molecule has 1 aliphatic heterocycles. The first-order chi connectivity index (χ1) is 14.8. The van der Waals surface area contributed by atoms with Crippen molar-refractivity contribution in [3.05, 3.63) is 88.9 Å². The average Bonchev–Trinajstić information content (AvgIpc) is 3.20. The van der Waals surface area contributed by atoms with E-state index < -0.39 is 0 Å². The topological polar surface area (TPSA) is 63.4 Å². The van der Waals surface area contributed by atoms with E-state index in [2.05, 4.69) is 39.7 Å². The summed E-state index contributed by atoms with van der Waals surface area (Å²) in [5, 5.41) is 6.75. The van der Waals surface area contributed by atoms with E-state index in [0.717, 1.165) is 30.0 Å². The van der Waals surface area contributed by atoms with Crippen LogP contribution in [0, 0.1) is 6.57 Å². The Hall–Kier alpha value is -3.85. The van der Waals surface area contributed by atoms with Gasteiger partial charge in [0, 0.05) is 23.7 Å². The molecule has 0 radical (unpaired) electrons. The first-order valence-electron chi connectivity index (χ1n) is 10.1. The molecular formula is C24H21N5O. The van der Waals surface area contributed by atoms with Gasteiger partial charge in [-0.05, 0) is 36.6 Å². The van der Waals surface area contributed by atoms with Crippen molar-refractivity contribution < 1.29 is 4.74 Å². The maximum absolute atomic E-state index is 7.36. The van der Waals surface area contributed by atoms with Crippen LogP contribution in [0.2, 0.25) is 0 Å². The third-order valence-corrected chi connectivity index (χ3v) is 5.48. The highest BCUT2D eigenvalue weighted by atomic mass is 16.5. The molecule has 2 heterocycles. The third-order valence-electron chi connectivity index (χ3n) is 5.48. The molecule has 1 aromatic heterocycles. The number of nitrogens with zero attached hydrogens (tertiary/aromatic N) is 3. The van der Waals surface area contributed by atoms with Gasteiger partial charge in [-0.3, -0.25) is 0 Å². The number of hydrogen-bond donors (Lipinski definition) is 2. The first-order valence-corrected chi connectivity index (χ1v) is 10.1. The molecule has 0 fully saturated rings. The van der Waals surface area contributed by atoms with Crippen LogP contribution >= 0.6 is 0 Å². The second-order valence-electron chi connectivity index (χ2n) is 7.34. The van der Waals surface area contributed by atoms with Gasteiger partial charge in [0.05, 0.1) is 12.3 Å². The monoisotopic (exact) mass is 395 g/mol. The Morgan fingerprint density at radius 2 is 1.97 bits per heavy atom.